The number of carbonyl (C=O) groups excluding carboxylic acids is 1. The summed E-state index contributed by atoms with van der Waals surface area (Å²) >= 11 is 0. The van der Waals surface area contributed by atoms with E-state index in [2.05, 4.69) is 20.6 Å². The molecule has 0 saturated carbocycles. The van der Waals surface area contributed by atoms with Crippen molar-refractivity contribution in [2.45, 2.75) is 6.54 Å². The second-order valence-electron chi connectivity index (χ2n) is 5.01. The SMILES string of the molecule is O=C(NCCn1ncccc1=O)c1cc(-c2ccc(F)cc2)n[nH]1. The summed E-state index contributed by atoms with van der Waals surface area (Å²) in [6.45, 7) is 0.519. The van der Waals surface area contributed by atoms with Crippen molar-refractivity contribution in [3.8, 4) is 11.3 Å². The molecule has 2 aromatic heterocycles. The van der Waals surface area contributed by atoms with Crippen LogP contribution in [-0.2, 0) is 6.54 Å². The molecular formula is C16H14FN5O2. The zero-order chi connectivity index (χ0) is 16.9. The van der Waals surface area contributed by atoms with Crippen molar-refractivity contribution in [1.29, 1.82) is 0 Å². The van der Waals surface area contributed by atoms with Gasteiger partial charge >= 0.3 is 0 Å². The zero-order valence-corrected chi connectivity index (χ0v) is 12.6. The van der Waals surface area contributed by atoms with Crippen LogP contribution in [0.1, 0.15) is 10.5 Å². The molecule has 3 aromatic rings. The fourth-order valence-corrected chi connectivity index (χ4v) is 2.13. The molecule has 0 aliphatic heterocycles. The van der Waals surface area contributed by atoms with E-state index < -0.39 is 0 Å². The molecule has 7 nitrogen and oxygen atoms in total. The lowest BCUT2D eigenvalue weighted by Crippen LogP contribution is -2.31. The number of hydrogen-bond donors (Lipinski definition) is 2. The standard InChI is InChI=1S/C16H14FN5O2/c17-12-5-3-11(4-6-12)13-10-14(21-20-13)16(24)18-8-9-22-15(23)2-1-7-19-22/h1-7,10H,8-9H2,(H,18,24)(H,20,21). The summed E-state index contributed by atoms with van der Waals surface area (Å²) in [5.41, 5.74) is 1.29. The predicted molar refractivity (Wildman–Crippen MR) is 84.8 cm³/mol. The van der Waals surface area contributed by atoms with Crippen LogP contribution in [0.3, 0.4) is 0 Å². The van der Waals surface area contributed by atoms with Crippen molar-refractivity contribution >= 4 is 5.91 Å². The lowest BCUT2D eigenvalue weighted by atomic mass is 10.1. The Hall–Kier alpha value is -3.29. The fourth-order valence-electron chi connectivity index (χ4n) is 2.13. The Labute approximate surface area is 136 Å². The van der Waals surface area contributed by atoms with E-state index in [1.165, 1.54) is 29.1 Å². The van der Waals surface area contributed by atoms with Crippen LogP contribution in [0.4, 0.5) is 4.39 Å². The van der Waals surface area contributed by atoms with Crippen LogP contribution in [0.5, 0.6) is 0 Å². The molecule has 24 heavy (non-hydrogen) atoms. The average Bonchev–Trinajstić information content (AvgIpc) is 3.07. The van der Waals surface area contributed by atoms with Crippen molar-refractivity contribution in [3.63, 3.8) is 0 Å². The first-order valence-electron chi connectivity index (χ1n) is 7.25. The Kier molecular flexibility index (Phi) is 4.46. The normalized spacial score (nSPS) is 10.5. The first-order chi connectivity index (χ1) is 11.6. The summed E-state index contributed by atoms with van der Waals surface area (Å²) in [6, 6.07) is 10.4. The van der Waals surface area contributed by atoms with Gasteiger partial charge in [0.25, 0.3) is 11.5 Å². The van der Waals surface area contributed by atoms with Gasteiger partial charge in [-0.25, -0.2) is 9.07 Å². The molecule has 2 heterocycles. The molecule has 0 spiro atoms. The van der Waals surface area contributed by atoms with Crippen LogP contribution in [-0.4, -0.2) is 32.4 Å². The molecule has 0 unspecified atom stereocenters. The molecule has 8 heteroatoms. The van der Waals surface area contributed by atoms with Gasteiger partial charge in [0.2, 0.25) is 0 Å². The van der Waals surface area contributed by atoms with E-state index in [9.17, 15) is 14.0 Å². The molecule has 2 N–H and O–H groups in total. The van der Waals surface area contributed by atoms with Gasteiger partial charge in [-0.2, -0.15) is 10.2 Å². The van der Waals surface area contributed by atoms with E-state index in [1.54, 1.807) is 24.3 Å². The largest absolute Gasteiger partial charge is 0.349 e. The Morgan fingerprint density at radius 1 is 1.25 bits per heavy atom. The molecule has 0 fully saturated rings. The van der Waals surface area contributed by atoms with Gasteiger partial charge in [0.1, 0.15) is 11.5 Å². The summed E-state index contributed by atoms with van der Waals surface area (Å²) in [6.07, 6.45) is 1.51. The highest BCUT2D eigenvalue weighted by molar-refractivity contribution is 5.93. The quantitative estimate of drug-likeness (QED) is 0.736. The number of nitrogens with one attached hydrogen (secondary N) is 2. The molecule has 1 amide bonds. The van der Waals surface area contributed by atoms with Gasteiger partial charge in [0.15, 0.2) is 0 Å². The third kappa shape index (κ3) is 3.54. The molecule has 0 bridgehead atoms. The maximum absolute atomic E-state index is 12.9. The molecule has 0 aliphatic rings. The highest BCUT2D eigenvalue weighted by atomic mass is 19.1. The Morgan fingerprint density at radius 3 is 2.79 bits per heavy atom. The van der Waals surface area contributed by atoms with Crippen LogP contribution >= 0.6 is 0 Å². The van der Waals surface area contributed by atoms with Gasteiger partial charge in [0, 0.05) is 24.4 Å². The lowest BCUT2D eigenvalue weighted by molar-refractivity contribution is 0.0946. The summed E-state index contributed by atoms with van der Waals surface area (Å²) in [7, 11) is 0. The Balaban J connectivity index is 1.61. The summed E-state index contributed by atoms with van der Waals surface area (Å²) in [5, 5.41) is 13.3. The first kappa shape index (κ1) is 15.6. The first-order valence-corrected chi connectivity index (χ1v) is 7.25. The number of halogens is 1. The second-order valence-corrected chi connectivity index (χ2v) is 5.01. The molecule has 0 atom stereocenters. The average molecular weight is 327 g/mol. The molecular weight excluding hydrogens is 313 g/mol. The number of hydrogen-bond acceptors (Lipinski definition) is 4. The van der Waals surface area contributed by atoms with Gasteiger partial charge in [-0.05, 0) is 36.4 Å². The highest BCUT2D eigenvalue weighted by Gasteiger charge is 2.11. The van der Waals surface area contributed by atoms with E-state index in [1.807, 2.05) is 0 Å². The van der Waals surface area contributed by atoms with Crippen LogP contribution in [0.25, 0.3) is 11.3 Å². The second kappa shape index (κ2) is 6.86. The molecule has 0 radical (unpaired) electrons. The van der Waals surface area contributed by atoms with E-state index in [-0.39, 0.29) is 36.1 Å². The van der Waals surface area contributed by atoms with Crippen molar-refractivity contribution in [2.24, 2.45) is 0 Å². The van der Waals surface area contributed by atoms with Crippen molar-refractivity contribution in [2.75, 3.05) is 6.54 Å². The maximum atomic E-state index is 12.9. The Morgan fingerprint density at radius 2 is 2.04 bits per heavy atom. The number of aromatic amines is 1. The predicted octanol–water partition coefficient (Wildman–Crippen LogP) is 1.20. The fraction of sp³-hybridized carbons (Fsp3) is 0.125. The van der Waals surface area contributed by atoms with Crippen LogP contribution < -0.4 is 10.9 Å². The number of H-pyrrole nitrogens is 1. The van der Waals surface area contributed by atoms with Crippen molar-refractivity contribution < 1.29 is 9.18 Å². The summed E-state index contributed by atoms with van der Waals surface area (Å²) in [5.74, 6) is -0.683. The highest BCUT2D eigenvalue weighted by Crippen LogP contribution is 2.17. The molecule has 3 rings (SSSR count). The van der Waals surface area contributed by atoms with Crippen molar-refractivity contribution in [1.82, 2.24) is 25.3 Å². The van der Waals surface area contributed by atoms with E-state index in [0.717, 1.165) is 0 Å². The van der Waals surface area contributed by atoms with Crippen LogP contribution in [0.15, 0.2) is 53.5 Å². The number of aromatic nitrogens is 4. The van der Waals surface area contributed by atoms with E-state index in [0.29, 0.717) is 11.3 Å². The lowest BCUT2D eigenvalue weighted by Gasteiger charge is -2.04. The third-order valence-electron chi connectivity index (χ3n) is 3.36. The third-order valence-corrected chi connectivity index (χ3v) is 3.36. The summed E-state index contributed by atoms with van der Waals surface area (Å²) < 4.78 is 14.2. The zero-order valence-electron chi connectivity index (χ0n) is 12.6. The Bertz CT molecular complexity index is 901. The molecule has 1 aromatic carbocycles. The van der Waals surface area contributed by atoms with Gasteiger partial charge in [-0.3, -0.25) is 14.7 Å². The number of nitrogens with zero attached hydrogens (tertiary/aromatic N) is 3. The monoisotopic (exact) mass is 327 g/mol. The maximum Gasteiger partial charge on any atom is 0.269 e. The van der Waals surface area contributed by atoms with Gasteiger partial charge in [0.05, 0.1) is 12.2 Å². The van der Waals surface area contributed by atoms with Crippen LogP contribution in [0.2, 0.25) is 0 Å². The number of amides is 1. The van der Waals surface area contributed by atoms with Gasteiger partial charge in [-0.1, -0.05) is 0 Å². The van der Waals surface area contributed by atoms with Crippen molar-refractivity contribution in [3.05, 3.63) is 70.5 Å². The van der Waals surface area contributed by atoms with Gasteiger partial charge in [-0.15, -0.1) is 0 Å². The van der Waals surface area contributed by atoms with E-state index in [4.69, 9.17) is 0 Å². The van der Waals surface area contributed by atoms with E-state index >= 15 is 0 Å². The van der Waals surface area contributed by atoms with Crippen LogP contribution in [0, 0.1) is 5.82 Å². The molecule has 0 aliphatic carbocycles. The minimum atomic E-state index is -0.347. The minimum absolute atomic E-state index is 0.230. The molecule has 122 valence electrons. The number of carbonyl (C=O) groups is 1. The minimum Gasteiger partial charge on any atom is -0.349 e. The topological polar surface area (TPSA) is 92.7 Å². The number of benzene rings is 1. The molecule has 0 saturated heterocycles. The number of rotatable bonds is 5. The summed E-state index contributed by atoms with van der Waals surface area (Å²) in [4.78, 5) is 23.6. The smallest absolute Gasteiger partial charge is 0.269 e. The van der Waals surface area contributed by atoms with Gasteiger partial charge < -0.3 is 5.32 Å².